The van der Waals surface area contributed by atoms with Gasteiger partial charge in [-0.3, -0.25) is 29.4 Å². The van der Waals surface area contributed by atoms with E-state index in [9.17, 15) is 28.9 Å². The molecule has 172 valence electrons. The molecule has 0 bridgehead atoms. The van der Waals surface area contributed by atoms with E-state index in [0.29, 0.717) is 23.1 Å². The van der Waals surface area contributed by atoms with Crippen LogP contribution in [-0.2, 0) is 9.59 Å². The van der Waals surface area contributed by atoms with Crippen LogP contribution in [0.1, 0.15) is 5.76 Å². The molecule has 0 aliphatic carbocycles. The summed E-state index contributed by atoms with van der Waals surface area (Å²) in [5.74, 6) is -1.39. The van der Waals surface area contributed by atoms with E-state index in [1.165, 1.54) is 42.5 Å². The molecule has 1 fully saturated rings. The lowest BCUT2D eigenvalue weighted by atomic mass is 10.1. The van der Waals surface area contributed by atoms with Gasteiger partial charge in [0.1, 0.15) is 28.9 Å². The summed E-state index contributed by atoms with van der Waals surface area (Å²) in [7, 11) is 0. The number of nitro groups is 1. The van der Waals surface area contributed by atoms with Crippen molar-refractivity contribution in [2.45, 2.75) is 0 Å². The topological polar surface area (TPSA) is 123 Å². The van der Waals surface area contributed by atoms with Crippen LogP contribution in [-0.4, -0.2) is 33.4 Å². The fourth-order valence-electron chi connectivity index (χ4n) is 3.07. The molecule has 3 aromatic rings. The monoisotopic (exact) mass is 501 g/mol. The number of rotatable bonds is 6. The third-order valence-corrected chi connectivity index (χ3v) is 5.84. The van der Waals surface area contributed by atoms with E-state index in [1.54, 1.807) is 12.1 Å². The summed E-state index contributed by atoms with van der Waals surface area (Å²) in [5.41, 5.74) is 0.311. The zero-order chi connectivity index (χ0) is 24.4. The third kappa shape index (κ3) is 5.00. The maximum Gasteiger partial charge on any atom is 0.294 e. The van der Waals surface area contributed by atoms with Crippen LogP contribution < -0.4 is 5.32 Å². The minimum Gasteiger partial charge on any atom is -0.457 e. The lowest BCUT2D eigenvalue weighted by Gasteiger charge is -2.12. The van der Waals surface area contributed by atoms with Crippen molar-refractivity contribution in [3.63, 3.8) is 0 Å². The molecule has 1 aromatic heterocycles. The summed E-state index contributed by atoms with van der Waals surface area (Å²) in [6.45, 7) is -0.545. The Hall–Kier alpha value is -3.96. The number of nitrogens with zero attached hydrogens (tertiary/aromatic N) is 2. The summed E-state index contributed by atoms with van der Waals surface area (Å²) in [6, 6.07) is 12.5. The Labute approximate surface area is 200 Å². The molecule has 12 heteroatoms. The van der Waals surface area contributed by atoms with Crippen LogP contribution in [0.25, 0.3) is 17.4 Å². The van der Waals surface area contributed by atoms with Crippen molar-refractivity contribution >= 4 is 57.9 Å². The zero-order valence-corrected chi connectivity index (χ0v) is 18.6. The van der Waals surface area contributed by atoms with E-state index in [2.05, 4.69) is 5.32 Å². The molecule has 3 amide bonds. The van der Waals surface area contributed by atoms with E-state index in [4.69, 9.17) is 16.0 Å². The summed E-state index contributed by atoms with van der Waals surface area (Å²) in [6.07, 6.45) is 1.34. The quantitative estimate of drug-likeness (QED) is 0.275. The molecule has 9 nitrogen and oxygen atoms in total. The lowest BCUT2D eigenvalue weighted by Crippen LogP contribution is -2.36. The smallest absolute Gasteiger partial charge is 0.294 e. The molecule has 1 saturated heterocycles. The highest BCUT2D eigenvalue weighted by Crippen LogP contribution is 2.34. The van der Waals surface area contributed by atoms with Crippen LogP contribution >= 0.6 is 23.4 Å². The molecular weight excluding hydrogens is 489 g/mol. The zero-order valence-electron chi connectivity index (χ0n) is 17.0. The van der Waals surface area contributed by atoms with E-state index in [-0.39, 0.29) is 27.1 Å². The predicted molar refractivity (Wildman–Crippen MR) is 124 cm³/mol. The maximum atomic E-state index is 13.3. The first-order valence-corrected chi connectivity index (χ1v) is 10.8. The highest BCUT2D eigenvalue weighted by atomic mass is 35.5. The van der Waals surface area contributed by atoms with Gasteiger partial charge in [-0.25, -0.2) is 4.39 Å². The SMILES string of the molecule is O=C(CN1C(=O)S/C(=C\c2ccc(-c3ccc(Cl)c([N+](=O)[O-])c3)o2)C1=O)Nc1cccc(F)c1. The minimum absolute atomic E-state index is 0.0179. The standard InChI is InChI=1S/C22H13ClFN3O6S/c23-16-6-4-12(8-17(16)27(31)32)18-7-5-15(33-18)10-19-21(29)26(22(30)34-19)11-20(28)25-14-3-1-2-13(24)9-14/h1-10H,11H2,(H,25,28)/b19-10-. The third-order valence-electron chi connectivity index (χ3n) is 4.61. The van der Waals surface area contributed by atoms with Gasteiger partial charge in [-0.05, 0) is 54.2 Å². The lowest BCUT2D eigenvalue weighted by molar-refractivity contribution is -0.384. The summed E-state index contributed by atoms with van der Waals surface area (Å²) in [4.78, 5) is 48.4. The van der Waals surface area contributed by atoms with Gasteiger partial charge in [-0.2, -0.15) is 0 Å². The van der Waals surface area contributed by atoms with Crippen molar-refractivity contribution in [1.29, 1.82) is 0 Å². The highest BCUT2D eigenvalue weighted by molar-refractivity contribution is 8.18. The second kappa shape index (κ2) is 9.49. The van der Waals surface area contributed by atoms with Crippen LogP contribution in [0.2, 0.25) is 5.02 Å². The van der Waals surface area contributed by atoms with Crippen LogP contribution in [0.15, 0.2) is 63.9 Å². The number of imide groups is 1. The molecule has 0 unspecified atom stereocenters. The Morgan fingerprint density at radius 2 is 2.00 bits per heavy atom. The van der Waals surface area contributed by atoms with Crippen molar-refractivity contribution in [2.75, 3.05) is 11.9 Å². The first kappa shape index (κ1) is 23.2. The number of nitro benzene ring substituents is 1. The molecule has 1 aliphatic rings. The number of hydrogen-bond donors (Lipinski definition) is 1. The maximum absolute atomic E-state index is 13.3. The van der Waals surface area contributed by atoms with Gasteiger partial charge in [0.15, 0.2) is 0 Å². The van der Waals surface area contributed by atoms with E-state index >= 15 is 0 Å². The largest absolute Gasteiger partial charge is 0.457 e. The van der Waals surface area contributed by atoms with Gasteiger partial charge in [0, 0.05) is 23.4 Å². The predicted octanol–water partition coefficient (Wildman–Crippen LogP) is 5.32. The van der Waals surface area contributed by atoms with Crippen LogP contribution in [0.5, 0.6) is 0 Å². The Morgan fingerprint density at radius 1 is 1.21 bits per heavy atom. The molecule has 0 spiro atoms. The molecule has 2 aromatic carbocycles. The average Bonchev–Trinajstić information content (AvgIpc) is 3.34. The van der Waals surface area contributed by atoms with E-state index in [0.717, 1.165) is 11.0 Å². The molecule has 0 radical (unpaired) electrons. The Balaban J connectivity index is 1.47. The van der Waals surface area contributed by atoms with Crippen molar-refractivity contribution < 1.29 is 28.1 Å². The van der Waals surface area contributed by atoms with Crippen molar-refractivity contribution in [3.8, 4) is 11.3 Å². The molecule has 0 atom stereocenters. The number of anilines is 1. The molecule has 1 N–H and O–H groups in total. The molecule has 2 heterocycles. The number of halogens is 2. The molecule has 0 saturated carbocycles. The number of amides is 3. The van der Waals surface area contributed by atoms with Crippen molar-refractivity contribution in [2.24, 2.45) is 0 Å². The van der Waals surface area contributed by atoms with Crippen molar-refractivity contribution in [1.82, 2.24) is 4.90 Å². The van der Waals surface area contributed by atoms with Crippen LogP contribution in [0.3, 0.4) is 0 Å². The van der Waals surface area contributed by atoms with Gasteiger partial charge in [0.05, 0.1) is 9.83 Å². The minimum atomic E-state index is -0.690. The van der Waals surface area contributed by atoms with E-state index in [1.807, 2.05) is 0 Å². The Kier molecular flexibility index (Phi) is 6.48. The average molecular weight is 502 g/mol. The summed E-state index contributed by atoms with van der Waals surface area (Å²) in [5, 5.41) is 12.8. The molecule has 1 aliphatic heterocycles. The van der Waals surface area contributed by atoms with Crippen molar-refractivity contribution in [3.05, 3.63) is 86.2 Å². The van der Waals surface area contributed by atoms with Gasteiger partial charge in [0.25, 0.3) is 16.8 Å². The van der Waals surface area contributed by atoms with Crippen LogP contribution in [0, 0.1) is 15.9 Å². The number of carbonyl (C=O) groups excluding carboxylic acids is 3. The van der Waals surface area contributed by atoms with Gasteiger partial charge in [0.2, 0.25) is 5.91 Å². The number of hydrogen-bond acceptors (Lipinski definition) is 7. The number of thioether (sulfide) groups is 1. The second-order valence-corrected chi connectivity index (χ2v) is 8.35. The summed E-state index contributed by atoms with van der Waals surface area (Å²) >= 11 is 6.46. The molecule has 34 heavy (non-hydrogen) atoms. The number of nitrogens with one attached hydrogen (secondary N) is 1. The number of benzene rings is 2. The molecule has 4 rings (SSSR count). The first-order chi connectivity index (χ1) is 16.2. The normalized spacial score (nSPS) is 14.6. The Bertz CT molecular complexity index is 1370. The van der Waals surface area contributed by atoms with Gasteiger partial charge in [-0.15, -0.1) is 0 Å². The fourth-order valence-corrected chi connectivity index (χ4v) is 4.07. The number of carbonyl (C=O) groups is 3. The summed E-state index contributed by atoms with van der Waals surface area (Å²) < 4.78 is 18.9. The highest BCUT2D eigenvalue weighted by Gasteiger charge is 2.36. The van der Waals surface area contributed by atoms with E-state index < -0.39 is 34.3 Å². The molecular formula is C22H13ClFN3O6S. The van der Waals surface area contributed by atoms with Gasteiger partial charge in [-0.1, -0.05) is 17.7 Å². The second-order valence-electron chi connectivity index (χ2n) is 6.95. The van der Waals surface area contributed by atoms with Gasteiger partial charge < -0.3 is 9.73 Å². The fraction of sp³-hybridized carbons (Fsp3) is 0.0455. The Morgan fingerprint density at radius 3 is 2.74 bits per heavy atom. The van der Waals surface area contributed by atoms with Crippen LogP contribution in [0.4, 0.5) is 20.6 Å². The first-order valence-electron chi connectivity index (χ1n) is 9.56. The number of furan rings is 1. The van der Waals surface area contributed by atoms with Gasteiger partial charge >= 0.3 is 0 Å².